The van der Waals surface area contributed by atoms with Crippen molar-refractivity contribution in [3.63, 3.8) is 0 Å². The van der Waals surface area contributed by atoms with Gasteiger partial charge in [0.15, 0.2) is 0 Å². The number of hydrogen-bond acceptors (Lipinski definition) is 4. The van der Waals surface area contributed by atoms with Crippen LogP contribution in [0.15, 0.2) is 48.8 Å². The second kappa shape index (κ2) is 9.99. The van der Waals surface area contributed by atoms with Crippen LogP contribution in [0.5, 0.6) is 0 Å². The number of allylic oxidation sites excluding steroid dienone is 1. The van der Waals surface area contributed by atoms with Crippen LogP contribution in [-0.4, -0.2) is 24.0 Å². The number of rotatable bonds is 6. The predicted octanol–water partition coefficient (Wildman–Crippen LogP) is 6.38. The summed E-state index contributed by atoms with van der Waals surface area (Å²) in [6, 6.07) is 8.50. The first-order chi connectivity index (χ1) is 15.5. The number of nitrogens with zero attached hydrogens (tertiary/aromatic N) is 1. The van der Waals surface area contributed by atoms with Crippen molar-refractivity contribution in [3.8, 4) is 0 Å². The third-order valence-corrected chi connectivity index (χ3v) is 7.64. The topological polar surface area (TPSA) is 51.2 Å². The lowest BCUT2D eigenvalue weighted by Gasteiger charge is -2.42. The van der Waals surface area contributed by atoms with E-state index in [1.165, 1.54) is 16.7 Å². The average Bonchev–Trinajstić information content (AvgIpc) is 2.81. The molecule has 1 aromatic carbocycles. The smallest absolute Gasteiger partial charge is 0.140 e. The molecule has 3 atom stereocenters. The Morgan fingerprint density at radius 1 is 1.16 bits per heavy atom. The number of ketones is 1. The number of hydrogen-bond donors (Lipinski definition) is 1. The van der Waals surface area contributed by atoms with E-state index < -0.39 is 0 Å². The molecule has 2 aliphatic rings. The first-order valence-corrected chi connectivity index (χ1v) is 12.1. The summed E-state index contributed by atoms with van der Waals surface area (Å²) in [5.74, 6) is 1.29. The molecule has 4 nitrogen and oxygen atoms in total. The van der Waals surface area contributed by atoms with Crippen molar-refractivity contribution in [1.29, 1.82) is 0 Å². The van der Waals surface area contributed by atoms with Gasteiger partial charge in [0.2, 0.25) is 0 Å². The number of Topliss-reactive ketones (excluding diaryl/α,β-unsaturated/α-hetero) is 1. The first-order valence-electron chi connectivity index (χ1n) is 12.1. The minimum absolute atomic E-state index is 0.00391. The third-order valence-electron chi connectivity index (χ3n) is 7.64. The minimum atomic E-state index is 0.00391. The van der Waals surface area contributed by atoms with E-state index in [9.17, 15) is 4.79 Å². The minimum Gasteiger partial charge on any atom is -0.381 e. The van der Waals surface area contributed by atoms with E-state index in [1.807, 2.05) is 12.4 Å². The maximum atomic E-state index is 13.4. The highest BCUT2D eigenvalue weighted by atomic mass is 16.5. The highest BCUT2D eigenvalue weighted by Gasteiger charge is 2.43. The molecule has 4 heteroatoms. The van der Waals surface area contributed by atoms with E-state index in [0.29, 0.717) is 24.0 Å². The van der Waals surface area contributed by atoms with Crippen LogP contribution in [0.1, 0.15) is 62.1 Å². The molecule has 32 heavy (non-hydrogen) atoms. The largest absolute Gasteiger partial charge is 0.381 e. The summed E-state index contributed by atoms with van der Waals surface area (Å²) in [6.45, 7) is 12.6. The van der Waals surface area contributed by atoms with Gasteiger partial charge in [0.25, 0.3) is 0 Å². The maximum absolute atomic E-state index is 13.4. The molecule has 1 saturated carbocycles. The fraction of sp³-hybridized carbons (Fsp3) is 0.500. The van der Waals surface area contributed by atoms with Crippen LogP contribution in [-0.2, 0) is 16.0 Å². The monoisotopic (exact) mass is 432 g/mol. The number of benzene rings is 1. The number of ether oxygens (including phenoxy) is 1. The van der Waals surface area contributed by atoms with E-state index in [2.05, 4.69) is 61.9 Å². The second-order valence-electron chi connectivity index (χ2n) is 9.33. The molecule has 0 bridgehead atoms. The molecule has 1 N–H and O–H groups in total. The summed E-state index contributed by atoms with van der Waals surface area (Å²) in [7, 11) is 0. The molecule has 1 aliphatic heterocycles. The Hall–Kier alpha value is -2.46. The third kappa shape index (κ3) is 4.38. The molecular formula is C28H36N2O2. The summed E-state index contributed by atoms with van der Waals surface area (Å²) in [5.41, 5.74) is 7.02. The molecule has 2 fully saturated rings. The molecule has 1 saturated heterocycles. The molecule has 3 unspecified atom stereocenters. The maximum Gasteiger partial charge on any atom is 0.140 e. The molecule has 1 aliphatic carbocycles. The lowest BCUT2D eigenvalue weighted by molar-refractivity contribution is -0.126. The Bertz CT molecular complexity index is 977. The van der Waals surface area contributed by atoms with Crippen LogP contribution >= 0.6 is 0 Å². The van der Waals surface area contributed by atoms with Crippen LogP contribution in [0, 0.1) is 24.7 Å². The Morgan fingerprint density at radius 2 is 1.94 bits per heavy atom. The average molecular weight is 433 g/mol. The van der Waals surface area contributed by atoms with Crippen LogP contribution in [0.3, 0.4) is 0 Å². The van der Waals surface area contributed by atoms with Crippen molar-refractivity contribution in [2.24, 2.45) is 17.8 Å². The zero-order valence-corrected chi connectivity index (χ0v) is 19.7. The molecule has 1 aromatic heterocycles. The molecule has 0 spiro atoms. The zero-order chi connectivity index (χ0) is 22.7. The van der Waals surface area contributed by atoms with Crippen LogP contribution in [0.4, 0.5) is 11.4 Å². The lowest BCUT2D eigenvalue weighted by atomic mass is 9.62. The summed E-state index contributed by atoms with van der Waals surface area (Å²) in [5, 5.41) is 3.60. The van der Waals surface area contributed by atoms with E-state index in [4.69, 9.17) is 4.74 Å². The Morgan fingerprint density at radius 3 is 2.66 bits per heavy atom. The van der Waals surface area contributed by atoms with Gasteiger partial charge in [-0.1, -0.05) is 38.1 Å². The van der Waals surface area contributed by atoms with Crippen LogP contribution in [0.2, 0.25) is 0 Å². The normalized spacial score (nSPS) is 24.5. The SMILES string of the molecule is C=C1C(CC)C(c2cccc(Nc3cnccc3CC)c2C)CC(=O)C1C1CCOCC1. The lowest BCUT2D eigenvalue weighted by Crippen LogP contribution is -2.39. The summed E-state index contributed by atoms with van der Waals surface area (Å²) < 4.78 is 5.55. The number of nitrogens with one attached hydrogen (secondary N) is 1. The van der Waals surface area contributed by atoms with Crippen molar-refractivity contribution in [2.75, 3.05) is 18.5 Å². The highest BCUT2D eigenvalue weighted by molar-refractivity contribution is 5.86. The number of aromatic nitrogens is 1. The highest BCUT2D eigenvalue weighted by Crippen LogP contribution is 2.48. The van der Waals surface area contributed by atoms with Gasteiger partial charge >= 0.3 is 0 Å². The number of pyridine rings is 1. The van der Waals surface area contributed by atoms with Crippen molar-refractivity contribution >= 4 is 17.2 Å². The van der Waals surface area contributed by atoms with Crippen molar-refractivity contribution in [2.45, 2.75) is 58.8 Å². The van der Waals surface area contributed by atoms with Crippen molar-refractivity contribution in [3.05, 3.63) is 65.5 Å². The van der Waals surface area contributed by atoms with Crippen molar-refractivity contribution in [1.82, 2.24) is 4.98 Å². The molecule has 2 heterocycles. The molecule has 4 rings (SSSR count). The van der Waals surface area contributed by atoms with E-state index >= 15 is 0 Å². The predicted molar refractivity (Wildman–Crippen MR) is 130 cm³/mol. The Kier molecular flexibility index (Phi) is 7.10. The Labute approximate surface area is 192 Å². The fourth-order valence-electron chi connectivity index (χ4n) is 5.85. The second-order valence-corrected chi connectivity index (χ2v) is 9.33. The van der Waals surface area contributed by atoms with Gasteiger partial charge in [0, 0.05) is 37.4 Å². The van der Waals surface area contributed by atoms with Gasteiger partial charge in [0.05, 0.1) is 11.9 Å². The van der Waals surface area contributed by atoms with Gasteiger partial charge in [-0.2, -0.15) is 0 Å². The summed E-state index contributed by atoms with van der Waals surface area (Å²) >= 11 is 0. The number of anilines is 2. The molecule has 2 aromatic rings. The van der Waals surface area contributed by atoms with E-state index in [-0.39, 0.29) is 11.8 Å². The van der Waals surface area contributed by atoms with E-state index in [0.717, 1.165) is 55.8 Å². The standard InChI is InChI=1S/C28H36N2O2/c1-5-20-10-13-29-17-26(20)30-25-9-7-8-23(18(25)3)24-16-27(31)28(19(4)22(24)6-2)21-11-14-32-15-12-21/h7-10,13,17,21-22,24,28,30H,4-6,11-12,14-16H2,1-3H3. The summed E-state index contributed by atoms with van der Waals surface area (Å²) in [6.07, 6.45) is 8.25. The number of aryl methyl sites for hydroxylation is 1. The first kappa shape index (κ1) is 22.7. The van der Waals surface area contributed by atoms with Gasteiger partial charge in [-0.05, 0) is 79.2 Å². The Balaban J connectivity index is 1.62. The molecule has 0 radical (unpaired) electrons. The quantitative estimate of drug-likeness (QED) is 0.538. The van der Waals surface area contributed by atoms with Crippen LogP contribution < -0.4 is 5.32 Å². The van der Waals surface area contributed by atoms with E-state index in [1.54, 1.807) is 0 Å². The van der Waals surface area contributed by atoms with Gasteiger partial charge in [0.1, 0.15) is 5.78 Å². The van der Waals surface area contributed by atoms with Gasteiger partial charge in [-0.15, -0.1) is 0 Å². The molecule has 170 valence electrons. The fourth-order valence-corrected chi connectivity index (χ4v) is 5.85. The molecule has 0 amide bonds. The number of carbonyl (C=O) groups excluding carboxylic acids is 1. The van der Waals surface area contributed by atoms with Gasteiger partial charge in [-0.3, -0.25) is 9.78 Å². The van der Waals surface area contributed by atoms with Crippen LogP contribution in [0.25, 0.3) is 0 Å². The van der Waals surface area contributed by atoms with Gasteiger partial charge < -0.3 is 10.1 Å². The van der Waals surface area contributed by atoms with Gasteiger partial charge in [-0.25, -0.2) is 0 Å². The van der Waals surface area contributed by atoms with Crippen molar-refractivity contribution < 1.29 is 9.53 Å². The zero-order valence-electron chi connectivity index (χ0n) is 19.7. The molecular weight excluding hydrogens is 396 g/mol. The summed E-state index contributed by atoms with van der Waals surface area (Å²) in [4.78, 5) is 17.7. The number of carbonyl (C=O) groups is 1.